The lowest BCUT2D eigenvalue weighted by Gasteiger charge is -2.08. The molecule has 0 fully saturated rings. The van der Waals surface area contributed by atoms with Crippen molar-refractivity contribution in [3.8, 4) is 11.5 Å². The summed E-state index contributed by atoms with van der Waals surface area (Å²) in [4.78, 5) is 25.0. The van der Waals surface area contributed by atoms with Crippen LogP contribution in [0.3, 0.4) is 0 Å². The van der Waals surface area contributed by atoms with Crippen molar-refractivity contribution in [3.05, 3.63) is 89.5 Å². The Morgan fingerprint density at radius 3 is 2.28 bits per heavy atom. The summed E-state index contributed by atoms with van der Waals surface area (Å²) in [7, 11) is 1.57. The van der Waals surface area contributed by atoms with Gasteiger partial charge in [0.2, 0.25) is 0 Å². The van der Waals surface area contributed by atoms with E-state index in [1.54, 1.807) is 61.9 Å². The monoisotopic (exact) mass is 487 g/mol. The molecule has 3 aromatic rings. The van der Waals surface area contributed by atoms with Crippen LogP contribution in [0.1, 0.15) is 65.3 Å². The van der Waals surface area contributed by atoms with Crippen molar-refractivity contribution in [3.63, 3.8) is 0 Å². The quantitative estimate of drug-likeness (QED) is 0.174. The summed E-state index contributed by atoms with van der Waals surface area (Å²) in [6, 6.07) is 21.0. The molecule has 0 spiro atoms. The minimum atomic E-state index is -0.380. The summed E-state index contributed by atoms with van der Waals surface area (Å²) < 4.78 is 10.9. The number of hydrazone groups is 1. The Bertz CT molecular complexity index is 1140. The zero-order chi connectivity index (χ0) is 25.6. The average Bonchev–Trinajstić information content (AvgIpc) is 2.91. The van der Waals surface area contributed by atoms with Gasteiger partial charge in [-0.1, -0.05) is 38.7 Å². The highest BCUT2D eigenvalue weighted by Gasteiger charge is 2.09. The van der Waals surface area contributed by atoms with Crippen LogP contribution >= 0.6 is 0 Å². The van der Waals surface area contributed by atoms with Gasteiger partial charge >= 0.3 is 0 Å². The standard InChI is InChI=1S/C29H33N3O4/c1-3-4-5-6-7-19-36-27-15-11-22(12-16-27)21-30-32-29(34)24-9-8-10-25(20-24)31-28(33)23-13-17-26(35-2)18-14-23/h8-18,20-21H,3-7,19H2,1-2H3,(H,31,33)(H,32,34). The number of nitrogens with zero attached hydrogens (tertiary/aromatic N) is 1. The van der Waals surface area contributed by atoms with Crippen LogP contribution in [-0.4, -0.2) is 31.7 Å². The van der Waals surface area contributed by atoms with Crippen LogP contribution in [0.4, 0.5) is 5.69 Å². The van der Waals surface area contributed by atoms with Crippen molar-refractivity contribution in [2.75, 3.05) is 19.0 Å². The van der Waals surface area contributed by atoms with Crippen LogP contribution in [0.2, 0.25) is 0 Å². The van der Waals surface area contributed by atoms with E-state index in [0.29, 0.717) is 29.2 Å². The molecule has 7 heteroatoms. The molecule has 0 bridgehead atoms. The second kappa shape index (κ2) is 14.3. The van der Waals surface area contributed by atoms with Crippen LogP contribution in [0.15, 0.2) is 77.9 Å². The number of amides is 2. The zero-order valence-corrected chi connectivity index (χ0v) is 20.8. The van der Waals surface area contributed by atoms with Crippen molar-refractivity contribution in [2.45, 2.75) is 39.0 Å². The SMILES string of the molecule is CCCCCCCOc1ccc(C=NNC(=O)c2cccc(NC(=O)c3ccc(OC)cc3)c2)cc1. The zero-order valence-electron chi connectivity index (χ0n) is 20.8. The van der Waals surface area contributed by atoms with Gasteiger partial charge in [0.25, 0.3) is 11.8 Å². The third-order valence-electron chi connectivity index (χ3n) is 5.51. The first-order chi connectivity index (χ1) is 17.6. The Hall–Kier alpha value is -4.13. The average molecular weight is 488 g/mol. The minimum absolute atomic E-state index is 0.280. The Kier molecular flexibility index (Phi) is 10.5. The molecule has 0 heterocycles. The third kappa shape index (κ3) is 8.58. The molecule has 2 N–H and O–H groups in total. The Labute approximate surface area is 212 Å². The first-order valence-electron chi connectivity index (χ1n) is 12.2. The van der Waals surface area contributed by atoms with Crippen molar-refractivity contribution in [1.82, 2.24) is 5.43 Å². The number of hydrogen-bond acceptors (Lipinski definition) is 5. The Morgan fingerprint density at radius 2 is 1.56 bits per heavy atom. The number of anilines is 1. The maximum atomic E-state index is 12.5. The van der Waals surface area contributed by atoms with Gasteiger partial charge in [-0.05, 0) is 78.7 Å². The van der Waals surface area contributed by atoms with Gasteiger partial charge in [-0.2, -0.15) is 5.10 Å². The van der Waals surface area contributed by atoms with Gasteiger partial charge in [0, 0.05) is 16.8 Å². The number of rotatable bonds is 13. The first-order valence-corrected chi connectivity index (χ1v) is 12.2. The van der Waals surface area contributed by atoms with Gasteiger partial charge in [-0.15, -0.1) is 0 Å². The smallest absolute Gasteiger partial charge is 0.271 e. The van der Waals surface area contributed by atoms with E-state index in [1.807, 2.05) is 24.3 Å². The molecule has 0 radical (unpaired) electrons. The van der Waals surface area contributed by atoms with E-state index in [0.717, 1.165) is 17.7 Å². The second-order valence-electron chi connectivity index (χ2n) is 8.29. The van der Waals surface area contributed by atoms with Crippen molar-refractivity contribution in [2.24, 2.45) is 5.10 Å². The third-order valence-corrected chi connectivity index (χ3v) is 5.51. The number of carbonyl (C=O) groups excluding carboxylic acids is 2. The largest absolute Gasteiger partial charge is 0.497 e. The summed E-state index contributed by atoms with van der Waals surface area (Å²) in [5, 5.41) is 6.84. The minimum Gasteiger partial charge on any atom is -0.497 e. The molecule has 3 rings (SSSR count). The van der Waals surface area contributed by atoms with Crippen molar-refractivity contribution < 1.29 is 19.1 Å². The molecule has 0 aliphatic heterocycles. The number of ether oxygens (including phenoxy) is 2. The van der Waals surface area contributed by atoms with Crippen LogP contribution in [0.5, 0.6) is 11.5 Å². The molecule has 0 saturated carbocycles. The van der Waals surface area contributed by atoms with E-state index < -0.39 is 0 Å². The lowest BCUT2D eigenvalue weighted by atomic mass is 10.1. The van der Waals surface area contributed by atoms with E-state index >= 15 is 0 Å². The summed E-state index contributed by atoms with van der Waals surface area (Å²) in [6.07, 6.45) is 7.58. The molecule has 2 amide bonds. The highest BCUT2D eigenvalue weighted by Crippen LogP contribution is 2.16. The van der Waals surface area contributed by atoms with Crippen LogP contribution < -0.4 is 20.2 Å². The van der Waals surface area contributed by atoms with Gasteiger partial charge in [-0.25, -0.2) is 5.43 Å². The summed E-state index contributed by atoms with van der Waals surface area (Å²) in [5.74, 6) is 0.829. The fraction of sp³-hybridized carbons (Fsp3) is 0.276. The summed E-state index contributed by atoms with van der Waals surface area (Å²) in [5.41, 5.74) is 4.73. The number of methoxy groups -OCH3 is 1. The molecule has 3 aromatic carbocycles. The Balaban J connectivity index is 1.47. The van der Waals surface area contributed by atoms with Gasteiger partial charge < -0.3 is 14.8 Å². The maximum Gasteiger partial charge on any atom is 0.271 e. The lowest BCUT2D eigenvalue weighted by Crippen LogP contribution is -2.18. The molecule has 0 aliphatic rings. The predicted octanol–water partition coefficient (Wildman–Crippen LogP) is 6.06. The molecule has 36 heavy (non-hydrogen) atoms. The van der Waals surface area contributed by atoms with Crippen molar-refractivity contribution >= 4 is 23.7 Å². The van der Waals surface area contributed by atoms with E-state index in [-0.39, 0.29) is 11.8 Å². The number of hydrogen-bond donors (Lipinski definition) is 2. The normalized spacial score (nSPS) is 10.7. The molecule has 188 valence electrons. The molecule has 0 unspecified atom stereocenters. The topological polar surface area (TPSA) is 89.0 Å². The van der Waals surface area contributed by atoms with E-state index in [1.165, 1.54) is 25.7 Å². The van der Waals surface area contributed by atoms with Crippen LogP contribution in [0.25, 0.3) is 0 Å². The Morgan fingerprint density at radius 1 is 0.833 bits per heavy atom. The molecular weight excluding hydrogens is 454 g/mol. The summed E-state index contributed by atoms with van der Waals surface area (Å²) >= 11 is 0. The molecule has 0 saturated heterocycles. The fourth-order valence-electron chi connectivity index (χ4n) is 3.46. The van der Waals surface area contributed by atoms with E-state index in [4.69, 9.17) is 9.47 Å². The van der Waals surface area contributed by atoms with E-state index in [9.17, 15) is 9.59 Å². The second-order valence-corrected chi connectivity index (χ2v) is 8.29. The summed E-state index contributed by atoms with van der Waals surface area (Å²) in [6.45, 7) is 2.92. The van der Waals surface area contributed by atoms with E-state index in [2.05, 4.69) is 22.8 Å². The molecule has 0 aromatic heterocycles. The van der Waals surface area contributed by atoms with Gasteiger partial charge in [0.1, 0.15) is 11.5 Å². The van der Waals surface area contributed by atoms with Crippen LogP contribution in [-0.2, 0) is 0 Å². The lowest BCUT2D eigenvalue weighted by molar-refractivity contribution is 0.0953. The van der Waals surface area contributed by atoms with Crippen LogP contribution in [0, 0.1) is 0 Å². The number of benzene rings is 3. The first kappa shape index (κ1) is 26.5. The molecular formula is C29H33N3O4. The highest BCUT2D eigenvalue weighted by molar-refractivity contribution is 6.05. The number of unbranched alkanes of at least 4 members (excludes halogenated alkanes) is 4. The molecule has 0 aliphatic carbocycles. The van der Waals surface area contributed by atoms with Crippen molar-refractivity contribution in [1.29, 1.82) is 0 Å². The van der Waals surface area contributed by atoms with Gasteiger partial charge in [0.15, 0.2) is 0 Å². The highest BCUT2D eigenvalue weighted by atomic mass is 16.5. The van der Waals surface area contributed by atoms with Gasteiger partial charge in [0.05, 0.1) is 19.9 Å². The predicted molar refractivity (Wildman–Crippen MR) is 143 cm³/mol. The maximum absolute atomic E-state index is 12.5. The molecule has 7 nitrogen and oxygen atoms in total. The number of nitrogens with one attached hydrogen (secondary N) is 2. The van der Waals surface area contributed by atoms with Gasteiger partial charge in [-0.3, -0.25) is 9.59 Å². The fourth-order valence-corrected chi connectivity index (χ4v) is 3.46. The number of carbonyl (C=O) groups is 2. The molecule has 0 atom stereocenters.